The second-order valence-electron chi connectivity index (χ2n) is 7.96. The zero-order valence-electron chi connectivity index (χ0n) is 20.4. The minimum absolute atomic E-state index is 0.0408. The Morgan fingerprint density at radius 3 is 2.23 bits per heavy atom. The Morgan fingerprint density at radius 1 is 0.897 bits per heavy atom. The maximum Gasteiger partial charge on any atom is 0.272 e. The van der Waals surface area contributed by atoms with Crippen molar-refractivity contribution in [1.29, 1.82) is 0 Å². The quantitative estimate of drug-likeness (QED) is 0.154. The first kappa shape index (κ1) is 28.3. The number of carbonyl (C=O) groups excluding carboxylic acids is 3. The summed E-state index contributed by atoms with van der Waals surface area (Å²) in [5.41, 5.74) is 1.23. The highest BCUT2D eigenvalue weighted by Gasteiger charge is 2.17. The Morgan fingerprint density at radius 2 is 1.59 bits per heavy atom. The van der Waals surface area contributed by atoms with Crippen LogP contribution in [0.3, 0.4) is 0 Å². The van der Waals surface area contributed by atoms with Crippen LogP contribution >= 0.6 is 46.3 Å². The van der Waals surface area contributed by atoms with E-state index >= 15 is 0 Å². The molecule has 0 aliphatic carbocycles. The van der Waals surface area contributed by atoms with Crippen molar-refractivity contribution in [3.05, 3.63) is 105 Å². The van der Waals surface area contributed by atoms with Gasteiger partial charge in [-0.25, -0.2) is 0 Å². The van der Waals surface area contributed by atoms with Gasteiger partial charge in [-0.3, -0.25) is 19.7 Å². The summed E-state index contributed by atoms with van der Waals surface area (Å²) in [5, 5.41) is 17.8. The third kappa shape index (κ3) is 8.14. The molecule has 0 bridgehead atoms. The van der Waals surface area contributed by atoms with Crippen molar-refractivity contribution < 1.29 is 14.4 Å². The van der Waals surface area contributed by atoms with Crippen molar-refractivity contribution >= 4 is 80.9 Å². The highest BCUT2D eigenvalue weighted by molar-refractivity contribution is 8.00. The van der Waals surface area contributed by atoms with Crippen molar-refractivity contribution in [2.24, 2.45) is 0 Å². The number of aromatic nitrogens is 2. The number of hydrogen-bond donors (Lipinski definition) is 3. The first-order valence-corrected chi connectivity index (χ1v) is 14.0. The molecule has 3 amide bonds. The Bertz CT molecular complexity index is 1510. The molecule has 39 heavy (non-hydrogen) atoms. The fourth-order valence-electron chi connectivity index (χ4n) is 3.22. The van der Waals surface area contributed by atoms with Crippen molar-refractivity contribution in [3.63, 3.8) is 0 Å². The second-order valence-corrected chi connectivity index (χ2v) is 11.0. The normalized spacial score (nSPS) is 11.1. The summed E-state index contributed by atoms with van der Waals surface area (Å²) in [4.78, 5) is 39.0. The molecule has 12 heteroatoms. The highest BCUT2D eigenvalue weighted by atomic mass is 35.5. The molecular formula is C27H21Cl2N5O3S2. The lowest BCUT2D eigenvalue weighted by Gasteiger charge is -2.13. The van der Waals surface area contributed by atoms with Gasteiger partial charge in [-0.15, -0.1) is 22.0 Å². The predicted molar refractivity (Wildman–Crippen MR) is 157 cm³/mol. The van der Waals surface area contributed by atoms with Crippen LogP contribution in [0, 0.1) is 6.92 Å². The van der Waals surface area contributed by atoms with E-state index in [-0.39, 0.29) is 17.4 Å². The van der Waals surface area contributed by atoms with Gasteiger partial charge in [0.15, 0.2) is 0 Å². The first-order chi connectivity index (χ1) is 18.8. The lowest BCUT2D eigenvalue weighted by Crippen LogP contribution is -2.30. The summed E-state index contributed by atoms with van der Waals surface area (Å²) in [7, 11) is 0. The number of nitrogens with zero attached hydrogens (tertiary/aromatic N) is 2. The van der Waals surface area contributed by atoms with Crippen LogP contribution in [0.1, 0.15) is 20.9 Å². The van der Waals surface area contributed by atoms with E-state index in [0.717, 1.165) is 9.90 Å². The van der Waals surface area contributed by atoms with E-state index < -0.39 is 11.8 Å². The maximum atomic E-state index is 13.2. The summed E-state index contributed by atoms with van der Waals surface area (Å²) in [6.07, 6.45) is 1.43. The van der Waals surface area contributed by atoms with Crippen LogP contribution in [-0.2, 0) is 9.59 Å². The third-order valence-corrected chi connectivity index (χ3v) is 7.50. The maximum absolute atomic E-state index is 13.2. The fraction of sp³-hybridized carbons (Fsp3) is 0.0741. The van der Waals surface area contributed by atoms with E-state index in [0.29, 0.717) is 32.0 Å². The molecule has 0 radical (unpaired) electrons. The molecule has 3 aromatic carbocycles. The largest absolute Gasteiger partial charge is 0.321 e. The Hall–Kier alpha value is -3.70. The number of hydrogen-bond acceptors (Lipinski definition) is 7. The van der Waals surface area contributed by atoms with E-state index in [1.807, 2.05) is 6.92 Å². The van der Waals surface area contributed by atoms with E-state index in [1.54, 1.807) is 72.8 Å². The Balaban J connectivity index is 1.44. The molecule has 0 aliphatic heterocycles. The van der Waals surface area contributed by atoms with Crippen LogP contribution in [0.5, 0.6) is 0 Å². The van der Waals surface area contributed by atoms with Gasteiger partial charge in [-0.1, -0.05) is 58.8 Å². The zero-order chi connectivity index (χ0) is 27.8. The average molecular weight is 599 g/mol. The number of rotatable bonds is 9. The molecule has 4 rings (SSSR count). The number of halogens is 2. The lowest BCUT2D eigenvalue weighted by atomic mass is 10.1. The van der Waals surface area contributed by atoms with Gasteiger partial charge in [-0.2, -0.15) is 0 Å². The number of thioether (sulfide) groups is 1. The number of anilines is 2. The second kappa shape index (κ2) is 13.4. The van der Waals surface area contributed by atoms with E-state index in [1.165, 1.54) is 29.2 Å². The van der Waals surface area contributed by atoms with Gasteiger partial charge in [0.2, 0.25) is 11.0 Å². The SMILES string of the molecule is Cc1nnc(NC(=O)CSc2ccc(NC(=O)/C(=C/c3c(Cl)cccc3Cl)NC(=O)c3ccccc3)cc2)s1. The first-order valence-electron chi connectivity index (χ1n) is 11.4. The van der Waals surface area contributed by atoms with Gasteiger partial charge >= 0.3 is 0 Å². The fourth-order valence-corrected chi connectivity index (χ4v) is 5.03. The molecule has 1 heterocycles. The minimum atomic E-state index is -0.567. The molecule has 0 aliphatic rings. The van der Waals surface area contributed by atoms with Crippen molar-refractivity contribution in [1.82, 2.24) is 15.5 Å². The molecule has 0 saturated carbocycles. The average Bonchev–Trinajstić information content (AvgIpc) is 3.34. The van der Waals surface area contributed by atoms with Crippen LogP contribution in [0.4, 0.5) is 10.8 Å². The molecule has 198 valence electrons. The minimum Gasteiger partial charge on any atom is -0.321 e. The molecule has 4 aromatic rings. The topological polar surface area (TPSA) is 113 Å². The van der Waals surface area contributed by atoms with Crippen LogP contribution in [0.15, 0.2) is 83.4 Å². The monoisotopic (exact) mass is 597 g/mol. The van der Waals surface area contributed by atoms with Crippen molar-refractivity contribution in [2.45, 2.75) is 11.8 Å². The summed E-state index contributed by atoms with van der Waals surface area (Å²) < 4.78 is 0. The number of carbonyl (C=O) groups is 3. The zero-order valence-corrected chi connectivity index (χ0v) is 23.5. The van der Waals surface area contributed by atoms with Crippen LogP contribution in [0.2, 0.25) is 10.0 Å². The smallest absolute Gasteiger partial charge is 0.272 e. The number of benzene rings is 3. The van der Waals surface area contributed by atoms with E-state index in [4.69, 9.17) is 23.2 Å². The molecule has 0 saturated heterocycles. The van der Waals surface area contributed by atoms with Gasteiger partial charge in [-0.05, 0) is 61.5 Å². The summed E-state index contributed by atoms with van der Waals surface area (Å²) in [6, 6.07) is 20.4. The van der Waals surface area contributed by atoms with Gasteiger partial charge in [0, 0.05) is 31.8 Å². The standard InChI is InChI=1S/C27H21Cl2N5O3S2/c1-16-33-34-27(39-16)32-24(35)15-38-19-12-10-18(11-13-19)30-26(37)23(14-20-21(28)8-5-9-22(20)29)31-25(36)17-6-3-2-4-7-17/h2-14H,15H2,1H3,(H,30,37)(H,31,36)(H,32,34,35)/b23-14-. The van der Waals surface area contributed by atoms with E-state index in [9.17, 15) is 14.4 Å². The molecule has 0 atom stereocenters. The highest BCUT2D eigenvalue weighted by Crippen LogP contribution is 2.27. The lowest BCUT2D eigenvalue weighted by molar-refractivity contribution is -0.114. The molecule has 8 nitrogen and oxygen atoms in total. The van der Waals surface area contributed by atoms with Crippen LogP contribution < -0.4 is 16.0 Å². The molecule has 0 spiro atoms. The molecule has 1 aromatic heterocycles. The van der Waals surface area contributed by atoms with Gasteiger partial charge in [0.05, 0.1) is 5.75 Å². The Labute approximate surface area is 242 Å². The van der Waals surface area contributed by atoms with Crippen molar-refractivity contribution in [3.8, 4) is 0 Å². The summed E-state index contributed by atoms with van der Waals surface area (Å²) in [6.45, 7) is 1.81. The number of aryl methyl sites for hydroxylation is 1. The summed E-state index contributed by atoms with van der Waals surface area (Å²) >= 11 is 15.2. The van der Waals surface area contributed by atoms with Crippen LogP contribution in [0.25, 0.3) is 6.08 Å². The predicted octanol–water partition coefficient (Wildman–Crippen LogP) is 6.29. The number of nitrogens with one attached hydrogen (secondary N) is 3. The van der Waals surface area contributed by atoms with Gasteiger partial charge in [0.1, 0.15) is 10.7 Å². The van der Waals surface area contributed by atoms with Gasteiger partial charge < -0.3 is 10.6 Å². The molecular weight excluding hydrogens is 577 g/mol. The molecule has 0 unspecified atom stereocenters. The Kier molecular flexibility index (Phi) is 9.72. The molecule has 3 N–H and O–H groups in total. The molecule has 0 fully saturated rings. The van der Waals surface area contributed by atoms with Crippen LogP contribution in [-0.4, -0.2) is 33.7 Å². The van der Waals surface area contributed by atoms with Gasteiger partial charge in [0.25, 0.3) is 11.8 Å². The summed E-state index contributed by atoms with van der Waals surface area (Å²) in [5.74, 6) is -1.05. The third-order valence-electron chi connectivity index (χ3n) is 5.07. The van der Waals surface area contributed by atoms with Crippen molar-refractivity contribution in [2.75, 3.05) is 16.4 Å². The number of amides is 3. The van der Waals surface area contributed by atoms with E-state index in [2.05, 4.69) is 26.1 Å².